The molecule has 0 spiro atoms. The van der Waals surface area contributed by atoms with Crippen LogP contribution in [-0.4, -0.2) is 90.0 Å². The molecule has 1 saturated heterocycles. The van der Waals surface area contributed by atoms with Gasteiger partial charge in [0.15, 0.2) is 10.9 Å². The van der Waals surface area contributed by atoms with E-state index in [4.69, 9.17) is 22.1 Å². The van der Waals surface area contributed by atoms with E-state index in [-0.39, 0.29) is 85.8 Å². The van der Waals surface area contributed by atoms with Crippen LogP contribution in [0.1, 0.15) is 6.92 Å². The van der Waals surface area contributed by atoms with Gasteiger partial charge < -0.3 is 30.1 Å². The minimum atomic E-state index is -1.07. The molecule has 4 aromatic rings. The number of fused-ring (bicyclic) bond motifs is 5. The number of benzene rings is 2. The van der Waals surface area contributed by atoms with Crippen LogP contribution in [-0.2, 0) is 9.59 Å². The number of halogens is 4. The van der Waals surface area contributed by atoms with Crippen LogP contribution < -0.4 is 20.3 Å². The average molecular weight is 658 g/mol. The van der Waals surface area contributed by atoms with Crippen LogP contribution in [0.4, 0.5) is 29.7 Å². The molecule has 0 bridgehead atoms. The number of rotatable bonds is 4. The van der Waals surface area contributed by atoms with Gasteiger partial charge in [-0.15, -0.1) is 0 Å². The fourth-order valence-electron chi connectivity index (χ4n) is 6.63. The van der Waals surface area contributed by atoms with E-state index >= 15 is 8.78 Å². The first-order valence-corrected chi connectivity index (χ1v) is 15.3. The number of nitrogens with zero attached hydrogens (tertiary/aromatic N) is 6. The number of hydrogen-bond acceptors (Lipinski definition) is 9. The van der Waals surface area contributed by atoms with Crippen molar-refractivity contribution in [1.29, 1.82) is 0 Å². The zero-order chi connectivity index (χ0) is 32.1. The Morgan fingerprint density at radius 1 is 1.16 bits per heavy atom. The number of hydrogen-bond donors (Lipinski definition) is 1. The van der Waals surface area contributed by atoms with Crippen molar-refractivity contribution < 1.29 is 27.5 Å². The Morgan fingerprint density at radius 3 is 2.62 bits per heavy atom. The van der Waals surface area contributed by atoms with Crippen molar-refractivity contribution in [3.63, 3.8) is 0 Å². The number of amides is 2. The molecule has 0 unspecified atom stereocenters. The van der Waals surface area contributed by atoms with Crippen LogP contribution in [0, 0.1) is 17.5 Å². The van der Waals surface area contributed by atoms with Crippen LogP contribution in [0.5, 0.6) is 5.88 Å². The number of pyridine rings is 1. The van der Waals surface area contributed by atoms with Gasteiger partial charge in [-0.05, 0) is 33.2 Å². The lowest BCUT2D eigenvalue weighted by molar-refractivity contribution is -0.131. The molecule has 7 rings (SSSR count). The standard InChI is InChI=1S/C30H27ClF3N7O3S/c1-5-19(42)39-11-18-29(43)41-10-13(9-38(3)4)44-28-26(41)25(40(18)8-12(39)2)14-6-15(31)20(22(34)23(14)36-28)21-16(32)7-17(33)27-24(21)37-30(35)45-27/h5-7,12-13,18H,1,8-11H2,2-4H3,(H2,35,37)/t12-,13-,18-/m1/s1. The van der Waals surface area contributed by atoms with E-state index in [1.54, 1.807) is 9.80 Å². The highest BCUT2D eigenvalue weighted by atomic mass is 35.5. The first kappa shape index (κ1) is 29.6. The molecule has 3 aliphatic rings. The van der Waals surface area contributed by atoms with E-state index in [9.17, 15) is 14.0 Å². The maximum absolute atomic E-state index is 16.8. The van der Waals surface area contributed by atoms with Gasteiger partial charge >= 0.3 is 0 Å². The molecule has 234 valence electrons. The normalized spacial score (nSPS) is 20.9. The van der Waals surface area contributed by atoms with E-state index in [1.807, 2.05) is 30.8 Å². The topological polar surface area (TPSA) is 108 Å². The van der Waals surface area contributed by atoms with E-state index in [0.29, 0.717) is 24.0 Å². The molecule has 0 saturated carbocycles. The number of carbonyl (C=O) groups excluding carboxylic acids is 2. The first-order chi connectivity index (χ1) is 21.4. The number of likely N-dealkylation sites (N-methyl/N-ethyl adjacent to an activating group) is 1. The van der Waals surface area contributed by atoms with Crippen molar-refractivity contribution in [2.75, 3.05) is 55.8 Å². The van der Waals surface area contributed by atoms with Crippen LogP contribution in [0.15, 0.2) is 24.8 Å². The molecule has 5 heterocycles. The number of nitrogens with two attached hydrogens (primary N) is 1. The van der Waals surface area contributed by atoms with Crippen molar-refractivity contribution in [2.24, 2.45) is 0 Å². The Labute approximate surface area is 264 Å². The Morgan fingerprint density at radius 2 is 1.91 bits per heavy atom. The molecule has 0 aliphatic carbocycles. The molecule has 3 aliphatic heterocycles. The quantitative estimate of drug-likeness (QED) is 0.322. The highest BCUT2D eigenvalue weighted by Gasteiger charge is 2.49. The Hall–Kier alpha value is -4.14. The van der Waals surface area contributed by atoms with E-state index in [1.165, 1.54) is 12.1 Å². The second-order valence-corrected chi connectivity index (χ2v) is 13.1. The summed E-state index contributed by atoms with van der Waals surface area (Å²) >= 11 is 7.55. The number of carbonyl (C=O) groups is 2. The van der Waals surface area contributed by atoms with E-state index in [2.05, 4.69) is 16.5 Å². The van der Waals surface area contributed by atoms with Crippen molar-refractivity contribution in [1.82, 2.24) is 19.8 Å². The highest BCUT2D eigenvalue weighted by molar-refractivity contribution is 7.22. The monoisotopic (exact) mass is 657 g/mol. The molecular formula is C30H27ClF3N7O3S. The number of nitrogen functional groups attached to an aromatic ring is 1. The molecule has 2 aromatic heterocycles. The first-order valence-electron chi connectivity index (χ1n) is 14.1. The van der Waals surface area contributed by atoms with Gasteiger partial charge in [0.1, 0.15) is 35.0 Å². The lowest BCUT2D eigenvalue weighted by Crippen LogP contribution is -2.67. The molecule has 2 N–H and O–H groups in total. The van der Waals surface area contributed by atoms with E-state index < -0.39 is 29.6 Å². The van der Waals surface area contributed by atoms with Gasteiger partial charge in [0, 0.05) is 41.7 Å². The summed E-state index contributed by atoms with van der Waals surface area (Å²) in [6.07, 6.45) is 0.710. The average Bonchev–Trinajstić information content (AvgIpc) is 3.37. The molecule has 15 heteroatoms. The number of ether oxygens (including phenoxy) is 1. The lowest BCUT2D eigenvalue weighted by Gasteiger charge is -2.52. The summed E-state index contributed by atoms with van der Waals surface area (Å²) in [4.78, 5) is 42.3. The summed E-state index contributed by atoms with van der Waals surface area (Å²) in [5.74, 6) is -3.43. The van der Waals surface area contributed by atoms with Crippen molar-refractivity contribution in [3.8, 4) is 17.0 Å². The van der Waals surface area contributed by atoms with Gasteiger partial charge in [-0.3, -0.25) is 9.59 Å². The summed E-state index contributed by atoms with van der Waals surface area (Å²) < 4.78 is 53.2. The zero-order valence-electron chi connectivity index (χ0n) is 24.4. The van der Waals surface area contributed by atoms with Gasteiger partial charge in [-0.1, -0.05) is 29.5 Å². The Kier molecular flexibility index (Phi) is 6.87. The van der Waals surface area contributed by atoms with Crippen LogP contribution in [0.2, 0.25) is 5.02 Å². The zero-order valence-corrected chi connectivity index (χ0v) is 26.0. The largest absolute Gasteiger partial charge is 0.470 e. The summed E-state index contributed by atoms with van der Waals surface area (Å²) in [6, 6.07) is 0.994. The van der Waals surface area contributed by atoms with Gasteiger partial charge in [0.25, 0.3) is 5.91 Å². The molecule has 1 fully saturated rings. The molecule has 45 heavy (non-hydrogen) atoms. The SMILES string of the molecule is C=CC(=O)N1C[C@@H]2C(=O)N3C[C@@H](CN(C)C)Oc4nc5c(F)c(-c6c(F)cc(F)c7sc(N)nc67)c(Cl)cc5c(c43)N2C[C@H]1C. The molecule has 2 amide bonds. The maximum Gasteiger partial charge on any atom is 0.251 e. The fraction of sp³-hybridized carbons (Fsp3) is 0.333. The number of piperazine rings is 1. The van der Waals surface area contributed by atoms with Crippen molar-refractivity contribution >= 4 is 72.4 Å². The van der Waals surface area contributed by atoms with Gasteiger partial charge in [0.05, 0.1) is 34.0 Å². The summed E-state index contributed by atoms with van der Waals surface area (Å²) in [6.45, 7) is 6.41. The van der Waals surface area contributed by atoms with Crippen LogP contribution >= 0.6 is 22.9 Å². The van der Waals surface area contributed by atoms with E-state index in [0.717, 1.165) is 11.3 Å². The lowest BCUT2D eigenvalue weighted by atomic mass is 9.95. The third kappa shape index (κ3) is 4.41. The predicted octanol–water partition coefficient (Wildman–Crippen LogP) is 4.43. The molecule has 2 aromatic carbocycles. The van der Waals surface area contributed by atoms with Gasteiger partial charge in [0.2, 0.25) is 11.8 Å². The minimum Gasteiger partial charge on any atom is -0.470 e. The number of aromatic nitrogens is 2. The third-order valence-corrected chi connectivity index (χ3v) is 9.66. The number of anilines is 3. The molecule has 0 radical (unpaired) electrons. The number of thiazole rings is 1. The predicted molar refractivity (Wildman–Crippen MR) is 167 cm³/mol. The fourth-order valence-corrected chi connectivity index (χ4v) is 7.66. The Bertz CT molecular complexity index is 1970. The maximum atomic E-state index is 16.8. The van der Waals surface area contributed by atoms with Crippen molar-refractivity contribution in [2.45, 2.75) is 25.1 Å². The molecular weight excluding hydrogens is 631 g/mol. The minimum absolute atomic E-state index is 0.0241. The summed E-state index contributed by atoms with van der Waals surface area (Å²) in [5, 5.41) is 0.0700. The summed E-state index contributed by atoms with van der Waals surface area (Å²) in [5.41, 5.74) is 5.62. The van der Waals surface area contributed by atoms with Crippen LogP contribution in [0.3, 0.4) is 0 Å². The smallest absolute Gasteiger partial charge is 0.251 e. The second kappa shape index (κ2) is 10.5. The second-order valence-electron chi connectivity index (χ2n) is 11.7. The summed E-state index contributed by atoms with van der Waals surface area (Å²) in [7, 11) is 3.71. The van der Waals surface area contributed by atoms with Crippen molar-refractivity contribution in [3.05, 3.63) is 47.3 Å². The third-order valence-electron chi connectivity index (χ3n) is 8.47. The highest BCUT2D eigenvalue weighted by Crippen LogP contribution is 2.52. The van der Waals surface area contributed by atoms with Crippen LogP contribution in [0.25, 0.3) is 32.2 Å². The van der Waals surface area contributed by atoms with Gasteiger partial charge in [-0.25, -0.2) is 23.1 Å². The Balaban J connectivity index is 1.50. The van der Waals surface area contributed by atoms with Gasteiger partial charge in [-0.2, -0.15) is 0 Å². The molecule has 10 nitrogen and oxygen atoms in total. The molecule has 3 atom stereocenters.